The Labute approximate surface area is 112 Å². The summed E-state index contributed by atoms with van der Waals surface area (Å²) >= 11 is 3.07. The topological polar surface area (TPSA) is 77.0 Å². The molecular weight excluding hydrogens is 303 g/mol. The molecule has 0 aliphatic rings. The number of nitrogens with two attached hydrogens (primary N) is 1. The van der Waals surface area contributed by atoms with Crippen LogP contribution < -0.4 is 11.1 Å². The third-order valence-electron chi connectivity index (χ3n) is 2.32. The van der Waals surface area contributed by atoms with Gasteiger partial charge in [-0.1, -0.05) is 5.16 Å². The fourth-order valence-electron chi connectivity index (χ4n) is 1.46. The molecule has 0 amide bonds. The van der Waals surface area contributed by atoms with E-state index in [0.29, 0.717) is 40.5 Å². The maximum atomic E-state index is 13.3. The second-order valence-electron chi connectivity index (χ2n) is 3.77. The highest BCUT2D eigenvalue weighted by Gasteiger charge is 2.07. The molecule has 0 radical (unpaired) electrons. The maximum absolute atomic E-state index is 13.3. The van der Waals surface area contributed by atoms with Crippen molar-refractivity contribution >= 4 is 27.3 Å². The highest BCUT2D eigenvalue weighted by atomic mass is 79.9. The molecule has 0 saturated heterocycles. The first-order valence-corrected chi connectivity index (χ1v) is 6.13. The fraction of sp³-hybridized carbons (Fsp3) is 0.273. The summed E-state index contributed by atoms with van der Waals surface area (Å²) in [6, 6.07) is 2.87. The quantitative estimate of drug-likeness (QED) is 0.848. The van der Waals surface area contributed by atoms with Gasteiger partial charge in [-0.15, -0.1) is 0 Å². The Morgan fingerprint density at radius 3 is 2.94 bits per heavy atom. The van der Waals surface area contributed by atoms with E-state index in [1.807, 2.05) is 0 Å². The number of benzene rings is 1. The van der Waals surface area contributed by atoms with Gasteiger partial charge in [0.05, 0.1) is 15.8 Å². The van der Waals surface area contributed by atoms with Gasteiger partial charge in [-0.3, -0.25) is 0 Å². The summed E-state index contributed by atoms with van der Waals surface area (Å²) in [5.41, 5.74) is 6.79. The zero-order valence-corrected chi connectivity index (χ0v) is 11.3. The van der Waals surface area contributed by atoms with Crippen molar-refractivity contribution in [2.24, 2.45) is 0 Å². The zero-order valence-electron chi connectivity index (χ0n) is 9.70. The van der Waals surface area contributed by atoms with E-state index in [4.69, 9.17) is 10.3 Å². The Morgan fingerprint density at radius 1 is 1.50 bits per heavy atom. The monoisotopic (exact) mass is 314 g/mol. The van der Waals surface area contributed by atoms with Gasteiger partial charge in [0.1, 0.15) is 5.82 Å². The molecule has 2 rings (SSSR count). The van der Waals surface area contributed by atoms with Gasteiger partial charge in [0, 0.05) is 19.0 Å². The largest absolute Gasteiger partial charge is 0.397 e. The number of hydrogen-bond donors (Lipinski definition) is 2. The number of aromatic nitrogens is 2. The molecule has 0 spiro atoms. The molecule has 0 aliphatic carbocycles. The van der Waals surface area contributed by atoms with Crippen molar-refractivity contribution < 1.29 is 8.91 Å². The van der Waals surface area contributed by atoms with E-state index in [1.165, 1.54) is 12.1 Å². The van der Waals surface area contributed by atoms with Crippen LogP contribution in [0, 0.1) is 12.7 Å². The summed E-state index contributed by atoms with van der Waals surface area (Å²) in [5, 5.41) is 6.71. The minimum Gasteiger partial charge on any atom is -0.397 e. The molecule has 1 aromatic heterocycles. The van der Waals surface area contributed by atoms with E-state index >= 15 is 0 Å². The molecule has 7 heteroatoms. The van der Waals surface area contributed by atoms with Gasteiger partial charge in [0.2, 0.25) is 5.89 Å². The minimum atomic E-state index is -0.361. The highest BCUT2D eigenvalue weighted by Crippen LogP contribution is 2.26. The van der Waals surface area contributed by atoms with E-state index in [0.717, 1.165) is 0 Å². The van der Waals surface area contributed by atoms with Gasteiger partial charge in [0.15, 0.2) is 5.82 Å². The first-order valence-electron chi connectivity index (χ1n) is 5.34. The Balaban J connectivity index is 1.96. The van der Waals surface area contributed by atoms with Gasteiger partial charge in [0.25, 0.3) is 0 Å². The SMILES string of the molecule is Cc1noc(CCNc2cc(F)c(Br)cc2N)n1. The lowest BCUT2D eigenvalue weighted by Gasteiger charge is -2.09. The van der Waals surface area contributed by atoms with Crippen LogP contribution in [-0.4, -0.2) is 16.7 Å². The molecule has 0 fully saturated rings. The lowest BCUT2D eigenvalue weighted by molar-refractivity contribution is 0.377. The maximum Gasteiger partial charge on any atom is 0.228 e. The number of nitrogens with one attached hydrogen (secondary N) is 1. The van der Waals surface area contributed by atoms with Crippen LogP contribution in [0.3, 0.4) is 0 Å². The normalized spacial score (nSPS) is 10.6. The summed E-state index contributed by atoms with van der Waals surface area (Å²) in [6.07, 6.45) is 0.554. The van der Waals surface area contributed by atoms with Gasteiger partial charge >= 0.3 is 0 Å². The Morgan fingerprint density at radius 2 is 2.28 bits per heavy atom. The molecule has 0 saturated carbocycles. The average Bonchev–Trinajstić information content (AvgIpc) is 2.71. The van der Waals surface area contributed by atoms with Crippen molar-refractivity contribution in [3.63, 3.8) is 0 Å². The van der Waals surface area contributed by atoms with Crippen LogP contribution in [0.2, 0.25) is 0 Å². The molecule has 1 aromatic carbocycles. The number of aryl methyl sites for hydroxylation is 1. The summed E-state index contributed by atoms with van der Waals surface area (Å²) in [5.74, 6) is 0.774. The molecule has 3 N–H and O–H groups in total. The predicted molar refractivity (Wildman–Crippen MR) is 69.7 cm³/mol. The molecule has 5 nitrogen and oxygen atoms in total. The minimum absolute atomic E-state index is 0.345. The van der Waals surface area contributed by atoms with Gasteiger partial charge < -0.3 is 15.6 Å². The number of halogens is 2. The molecule has 0 atom stereocenters. The van der Waals surface area contributed by atoms with Crippen LogP contribution in [0.15, 0.2) is 21.1 Å². The molecule has 0 bridgehead atoms. The van der Waals surface area contributed by atoms with Crippen molar-refractivity contribution in [3.8, 4) is 0 Å². The van der Waals surface area contributed by atoms with Crippen molar-refractivity contribution in [2.45, 2.75) is 13.3 Å². The smallest absolute Gasteiger partial charge is 0.228 e. The van der Waals surface area contributed by atoms with Crippen LogP contribution in [-0.2, 0) is 6.42 Å². The number of nitrogen functional groups attached to an aromatic ring is 1. The molecule has 2 aromatic rings. The summed E-state index contributed by atoms with van der Waals surface area (Å²) in [4.78, 5) is 4.07. The molecule has 1 heterocycles. The van der Waals surface area contributed by atoms with Crippen LogP contribution in [0.25, 0.3) is 0 Å². The standard InChI is InChI=1S/C11H12BrFN4O/c1-6-16-11(18-17-6)2-3-15-10-5-8(13)7(12)4-9(10)14/h4-5,15H,2-3,14H2,1H3. The lowest BCUT2D eigenvalue weighted by Crippen LogP contribution is -2.07. The van der Waals surface area contributed by atoms with E-state index < -0.39 is 0 Å². The van der Waals surface area contributed by atoms with Crippen molar-refractivity contribution in [1.29, 1.82) is 0 Å². The van der Waals surface area contributed by atoms with E-state index in [-0.39, 0.29) is 5.82 Å². The zero-order chi connectivity index (χ0) is 13.1. The molecule has 0 unspecified atom stereocenters. The Bertz CT molecular complexity index is 558. The van der Waals surface area contributed by atoms with Crippen molar-refractivity contribution in [1.82, 2.24) is 10.1 Å². The highest BCUT2D eigenvalue weighted by molar-refractivity contribution is 9.10. The molecule has 0 aliphatic heterocycles. The van der Waals surface area contributed by atoms with Crippen LogP contribution in [0.5, 0.6) is 0 Å². The van der Waals surface area contributed by atoms with Crippen LogP contribution >= 0.6 is 15.9 Å². The van der Waals surface area contributed by atoms with Crippen molar-refractivity contribution in [2.75, 3.05) is 17.6 Å². The first kappa shape index (κ1) is 12.8. The third-order valence-corrected chi connectivity index (χ3v) is 2.92. The Kier molecular flexibility index (Phi) is 3.81. The van der Waals surface area contributed by atoms with Crippen molar-refractivity contribution in [3.05, 3.63) is 34.1 Å². The van der Waals surface area contributed by atoms with Gasteiger partial charge in [-0.05, 0) is 28.9 Å². The van der Waals surface area contributed by atoms with Gasteiger partial charge in [-0.25, -0.2) is 4.39 Å². The molecule has 18 heavy (non-hydrogen) atoms. The fourth-order valence-corrected chi connectivity index (χ4v) is 1.82. The van der Waals surface area contributed by atoms with E-state index in [9.17, 15) is 4.39 Å². The van der Waals surface area contributed by atoms with E-state index in [1.54, 1.807) is 6.92 Å². The van der Waals surface area contributed by atoms with Crippen LogP contribution in [0.1, 0.15) is 11.7 Å². The molecule has 96 valence electrons. The summed E-state index contributed by atoms with van der Waals surface area (Å²) in [6.45, 7) is 2.29. The summed E-state index contributed by atoms with van der Waals surface area (Å²) in [7, 11) is 0. The average molecular weight is 315 g/mol. The second-order valence-corrected chi connectivity index (χ2v) is 4.62. The van der Waals surface area contributed by atoms with Gasteiger partial charge in [-0.2, -0.15) is 4.98 Å². The lowest BCUT2D eigenvalue weighted by atomic mass is 10.2. The first-order chi connectivity index (χ1) is 8.56. The summed E-state index contributed by atoms with van der Waals surface area (Å²) < 4.78 is 18.6. The van der Waals surface area contributed by atoms with Crippen LogP contribution in [0.4, 0.5) is 15.8 Å². The second kappa shape index (κ2) is 5.34. The Hall–Kier alpha value is -1.63. The van der Waals surface area contributed by atoms with E-state index in [2.05, 4.69) is 31.4 Å². The number of anilines is 2. The number of hydrogen-bond acceptors (Lipinski definition) is 5. The third kappa shape index (κ3) is 2.98. The number of nitrogens with zero attached hydrogens (tertiary/aromatic N) is 2. The number of rotatable bonds is 4. The predicted octanol–water partition coefficient (Wildman–Crippen LogP) is 2.52. The molecular formula is C11H12BrFN4O.